The van der Waals surface area contributed by atoms with E-state index in [4.69, 9.17) is 15.6 Å². The largest absolute Gasteiger partial charge is 0.496 e. The molecule has 0 heterocycles. The molecule has 3 N–H and O–H groups in total. The molecule has 0 aliphatic rings. The summed E-state index contributed by atoms with van der Waals surface area (Å²) in [7, 11) is 1.67. The SMILES string of the molecule is CCc1ccc(CC(N)CO)cc1OC. The van der Waals surface area contributed by atoms with E-state index in [-0.39, 0.29) is 12.6 Å². The second kappa shape index (κ2) is 5.73. The van der Waals surface area contributed by atoms with Crippen LogP contribution in [0.5, 0.6) is 5.75 Å². The molecule has 0 saturated carbocycles. The Morgan fingerprint density at radius 2 is 2.20 bits per heavy atom. The van der Waals surface area contributed by atoms with Gasteiger partial charge in [0.2, 0.25) is 0 Å². The van der Waals surface area contributed by atoms with Gasteiger partial charge >= 0.3 is 0 Å². The fourth-order valence-electron chi connectivity index (χ4n) is 1.58. The fraction of sp³-hybridized carbons (Fsp3) is 0.500. The zero-order chi connectivity index (χ0) is 11.3. The second-order valence-electron chi connectivity index (χ2n) is 3.65. The van der Waals surface area contributed by atoms with E-state index in [2.05, 4.69) is 13.0 Å². The molecule has 0 amide bonds. The third-order valence-electron chi connectivity index (χ3n) is 2.46. The Bertz CT molecular complexity index is 312. The molecule has 1 rings (SSSR count). The van der Waals surface area contributed by atoms with Gasteiger partial charge in [0.1, 0.15) is 5.75 Å². The minimum absolute atomic E-state index is 0.0118. The van der Waals surface area contributed by atoms with Crippen molar-refractivity contribution in [1.29, 1.82) is 0 Å². The first kappa shape index (κ1) is 12.0. The molecule has 3 nitrogen and oxygen atoms in total. The molecule has 84 valence electrons. The van der Waals surface area contributed by atoms with Gasteiger partial charge in [-0.05, 0) is 30.0 Å². The highest BCUT2D eigenvalue weighted by Crippen LogP contribution is 2.21. The predicted octanol–water partition coefficient (Wildman–Crippen LogP) is 1.12. The van der Waals surface area contributed by atoms with Crippen molar-refractivity contribution < 1.29 is 9.84 Å². The first-order chi connectivity index (χ1) is 7.21. The van der Waals surface area contributed by atoms with Gasteiger partial charge in [0.15, 0.2) is 0 Å². The molecular weight excluding hydrogens is 190 g/mol. The predicted molar refractivity (Wildman–Crippen MR) is 61.1 cm³/mol. The van der Waals surface area contributed by atoms with Crippen LogP contribution in [0.1, 0.15) is 18.1 Å². The van der Waals surface area contributed by atoms with Crippen LogP contribution in [-0.2, 0) is 12.8 Å². The number of aliphatic hydroxyl groups excluding tert-OH is 1. The molecule has 1 unspecified atom stereocenters. The van der Waals surface area contributed by atoms with Gasteiger partial charge < -0.3 is 15.6 Å². The number of aliphatic hydroxyl groups is 1. The number of nitrogens with two attached hydrogens (primary N) is 1. The third-order valence-corrected chi connectivity index (χ3v) is 2.46. The smallest absolute Gasteiger partial charge is 0.122 e. The molecular formula is C12H19NO2. The highest BCUT2D eigenvalue weighted by molar-refractivity contribution is 5.37. The minimum atomic E-state index is -0.192. The lowest BCUT2D eigenvalue weighted by Crippen LogP contribution is -2.26. The Hall–Kier alpha value is -1.06. The van der Waals surface area contributed by atoms with E-state index in [0.29, 0.717) is 6.42 Å². The van der Waals surface area contributed by atoms with Crippen LogP contribution >= 0.6 is 0 Å². The summed E-state index contributed by atoms with van der Waals surface area (Å²) in [4.78, 5) is 0. The van der Waals surface area contributed by atoms with E-state index < -0.39 is 0 Å². The molecule has 0 aromatic heterocycles. The van der Waals surface area contributed by atoms with Crippen molar-refractivity contribution in [3.8, 4) is 5.75 Å². The fourth-order valence-corrected chi connectivity index (χ4v) is 1.58. The summed E-state index contributed by atoms with van der Waals surface area (Å²) < 4.78 is 5.29. The van der Waals surface area contributed by atoms with Crippen LogP contribution in [0.2, 0.25) is 0 Å². The number of hydrogen-bond acceptors (Lipinski definition) is 3. The summed E-state index contributed by atoms with van der Waals surface area (Å²) in [5, 5.41) is 8.87. The third kappa shape index (κ3) is 3.22. The standard InChI is InChI=1S/C12H19NO2/c1-3-10-5-4-9(6-11(13)8-14)7-12(10)15-2/h4-5,7,11,14H,3,6,8,13H2,1-2H3. The number of ether oxygens (including phenoxy) is 1. The lowest BCUT2D eigenvalue weighted by atomic mass is 10.0. The van der Waals surface area contributed by atoms with Gasteiger partial charge in [0.05, 0.1) is 13.7 Å². The van der Waals surface area contributed by atoms with Gasteiger partial charge in [0, 0.05) is 6.04 Å². The molecule has 15 heavy (non-hydrogen) atoms. The Labute approximate surface area is 90.9 Å². The average Bonchev–Trinajstić information content (AvgIpc) is 2.28. The van der Waals surface area contributed by atoms with Crippen molar-refractivity contribution in [3.05, 3.63) is 29.3 Å². The number of aryl methyl sites for hydroxylation is 1. The Morgan fingerprint density at radius 3 is 2.73 bits per heavy atom. The quantitative estimate of drug-likeness (QED) is 0.764. The van der Waals surface area contributed by atoms with Crippen LogP contribution in [0.25, 0.3) is 0 Å². The van der Waals surface area contributed by atoms with Crippen molar-refractivity contribution in [3.63, 3.8) is 0 Å². The van der Waals surface area contributed by atoms with Crippen LogP contribution in [0.4, 0.5) is 0 Å². The second-order valence-corrected chi connectivity index (χ2v) is 3.65. The summed E-state index contributed by atoms with van der Waals surface area (Å²) in [5.74, 6) is 0.903. The van der Waals surface area contributed by atoms with Crippen LogP contribution in [0.3, 0.4) is 0 Å². The molecule has 0 radical (unpaired) electrons. The molecule has 0 spiro atoms. The molecule has 3 heteroatoms. The van der Waals surface area contributed by atoms with Crippen molar-refractivity contribution in [2.75, 3.05) is 13.7 Å². The molecule has 0 aliphatic heterocycles. The van der Waals surface area contributed by atoms with Crippen LogP contribution in [-0.4, -0.2) is 24.9 Å². The van der Waals surface area contributed by atoms with Crippen molar-refractivity contribution in [2.24, 2.45) is 5.73 Å². The molecule has 0 aliphatic carbocycles. The van der Waals surface area contributed by atoms with Crippen molar-refractivity contribution in [1.82, 2.24) is 0 Å². The first-order valence-corrected chi connectivity index (χ1v) is 5.23. The van der Waals surface area contributed by atoms with E-state index in [1.165, 1.54) is 5.56 Å². The number of hydrogen-bond donors (Lipinski definition) is 2. The van der Waals surface area contributed by atoms with E-state index in [1.54, 1.807) is 7.11 Å². The molecule has 0 bridgehead atoms. The topological polar surface area (TPSA) is 55.5 Å². The van der Waals surface area contributed by atoms with Gasteiger partial charge in [-0.2, -0.15) is 0 Å². The lowest BCUT2D eigenvalue weighted by Gasteiger charge is -2.11. The van der Waals surface area contributed by atoms with Crippen LogP contribution in [0, 0.1) is 0 Å². The Morgan fingerprint density at radius 1 is 1.47 bits per heavy atom. The summed E-state index contributed by atoms with van der Waals surface area (Å²) in [6.45, 7) is 2.11. The summed E-state index contributed by atoms with van der Waals surface area (Å²) in [6, 6.07) is 5.89. The molecule has 1 aromatic carbocycles. The molecule has 0 saturated heterocycles. The zero-order valence-corrected chi connectivity index (χ0v) is 9.36. The van der Waals surface area contributed by atoms with E-state index in [9.17, 15) is 0 Å². The lowest BCUT2D eigenvalue weighted by molar-refractivity contribution is 0.265. The maximum Gasteiger partial charge on any atom is 0.122 e. The summed E-state index contributed by atoms with van der Waals surface area (Å²) >= 11 is 0. The number of rotatable bonds is 5. The zero-order valence-electron chi connectivity index (χ0n) is 9.36. The Kier molecular flexibility index (Phi) is 4.59. The van der Waals surface area contributed by atoms with Crippen LogP contribution in [0.15, 0.2) is 18.2 Å². The summed E-state index contributed by atoms with van der Waals surface area (Å²) in [6.07, 6.45) is 1.63. The minimum Gasteiger partial charge on any atom is -0.496 e. The van der Waals surface area contributed by atoms with Gasteiger partial charge in [-0.15, -0.1) is 0 Å². The van der Waals surface area contributed by atoms with Gasteiger partial charge in [-0.1, -0.05) is 19.1 Å². The van der Waals surface area contributed by atoms with Gasteiger partial charge in [0.25, 0.3) is 0 Å². The summed E-state index contributed by atoms with van der Waals surface area (Å²) in [5.41, 5.74) is 7.97. The average molecular weight is 209 g/mol. The molecule has 1 atom stereocenters. The molecule has 0 fully saturated rings. The van der Waals surface area contributed by atoms with Gasteiger partial charge in [-0.3, -0.25) is 0 Å². The first-order valence-electron chi connectivity index (χ1n) is 5.23. The van der Waals surface area contributed by atoms with E-state index in [0.717, 1.165) is 17.7 Å². The maximum absolute atomic E-state index is 8.87. The number of benzene rings is 1. The normalized spacial score (nSPS) is 12.5. The van der Waals surface area contributed by atoms with Gasteiger partial charge in [-0.25, -0.2) is 0 Å². The molecule has 1 aromatic rings. The Balaban J connectivity index is 2.83. The van der Waals surface area contributed by atoms with Crippen LogP contribution < -0.4 is 10.5 Å². The maximum atomic E-state index is 8.87. The van der Waals surface area contributed by atoms with Crippen molar-refractivity contribution in [2.45, 2.75) is 25.8 Å². The monoisotopic (exact) mass is 209 g/mol. The highest BCUT2D eigenvalue weighted by Gasteiger charge is 2.06. The van der Waals surface area contributed by atoms with Crippen molar-refractivity contribution >= 4 is 0 Å². The van der Waals surface area contributed by atoms with E-state index in [1.807, 2.05) is 12.1 Å². The highest BCUT2D eigenvalue weighted by atomic mass is 16.5. The van der Waals surface area contributed by atoms with E-state index >= 15 is 0 Å². The number of methoxy groups -OCH3 is 1.